The molecule has 0 saturated heterocycles. The first-order valence-electron chi connectivity index (χ1n) is 8.57. The number of hydrogen-bond donors (Lipinski definition) is 1. The number of halogens is 1. The van der Waals surface area contributed by atoms with Crippen molar-refractivity contribution < 1.29 is 9.47 Å². The number of rotatable bonds is 6. The van der Waals surface area contributed by atoms with Gasteiger partial charge in [-0.25, -0.2) is 0 Å². The molecule has 2 aromatic rings. The van der Waals surface area contributed by atoms with E-state index in [0.29, 0.717) is 6.61 Å². The van der Waals surface area contributed by atoms with Crippen LogP contribution in [0.3, 0.4) is 0 Å². The number of amidine groups is 1. The summed E-state index contributed by atoms with van der Waals surface area (Å²) in [7, 11) is 1.65. The van der Waals surface area contributed by atoms with Gasteiger partial charge in [-0.05, 0) is 43.2 Å². The molecule has 0 aromatic heterocycles. The SMILES string of the molecule is CCOc1cc(OC)ccc1C1=NC(CC)C(c2ccc(Cl)cc2)N1. The van der Waals surface area contributed by atoms with Gasteiger partial charge in [-0.3, -0.25) is 4.99 Å². The molecule has 0 spiro atoms. The molecule has 1 heterocycles. The van der Waals surface area contributed by atoms with Crippen LogP contribution in [0.25, 0.3) is 0 Å². The summed E-state index contributed by atoms with van der Waals surface area (Å²) in [6.45, 7) is 4.71. The Balaban J connectivity index is 1.92. The highest BCUT2D eigenvalue weighted by atomic mass is 35.5. The van der Waals surface area contributed by atoms with Gasteiger partial charge in [0.05, 0.1) is 31.4 Å². The number of aliphatic imine (C=N–C) groups is 1. The predicted molar refractivity (Wildman–Crippen MR) is 102 cm³/mol. The maximum absolute atomic E-state index is 6.02. The summed E-state index contributed by atoms with van der Waals surface area (Å²) >= 11 is 6.02. The van der Waals surface area contributed by atoms with E-state index in [0.717, 1.165) is 34.3 Å². The Kier molecular flexibility index (Phi) is 5.49. The third-order valence-corrected chi connectivity index (χ3v) is 4.62. The van der Waals surface area contributed by atoms with Crippen LogP contribution in [-0.4, -0.2) is 25.6 Å². The fourth-order valence-electron chi connectivity index (χ4n) is 3.07. The number of ether oxygens (including phenoxy) is 2. The lowest BCUT2D eigenvalue weighted by molar-refractivity contribution is 0.335. The highest BCUT2D eigenvalue weighted by molar-refractivity contribution is 6.30. The third kappa shape index (κ3) is 3.74. The van der Waals surface area contributed by atoms with Gasteiger partial charge in [0.1, 0.15) is 17.3 Å². The maximum Gasteiger partial charge on any atom is 0.133 e. The van der Waals surface area contributed by atoms with Gasteiger partial charge in [0.25, 0.3) is 0 Å². The molecule has 0 bridgehead atoms. The van der Waals surface area contributed by atoms with E-state index in [1.807, 2.05) is 37.3 Å². The van der Waals surface area contributed by atoms with Crippen molar-refractivity contribution in [3.05, 3.63) is 58.6 Å². The number of benzene rings is 2. The van der Waals surface area contributed by atoms with E-state index in [1.54, 1.807) is 7.11 Å². The van der Waals surface area contributed by atoms with Crippen LogP contribution in [0.4, 0.5) is 0 Å². The van der Waals surface area contributed by atoms with Crippen molar-refractivity contribution >= 4 is 17.4 Å². The molecule has 132 valence electrons. The van der Waals surface area contributed by atoms with Gasteiger partial charge < -0.3 is 14.8 Å². The molecule has 0 aliphatic carbocycles. The summed E-state index contributed by atoms with van der Waals surface area (Å²) in [6.07, 6.45) is 0.948. The monoisotopic (exact) mass is 358 g/mol. The van der Waals surface area contributed by atoms with Gasteiger partial charge >= 0.3 is 0 Å². The van der Waals surface area contributed by atoms with Crippen molar-refractivity contribution in [2.45, 2.75) is 32.4 Å². The molecule has 4 nitrogen and oxygen atoms in total. The van der Waals surface area contributed by atoms with Gasteiger partial charge in [0, 0.05) is 11.1 Å². The molecular weight excluding hydrogens is 336 g/mol. The summed E-state index contributed by atoms with van der Waals surface area (Å²) in [5.41, 5.74) is 2.14. The standard InChI is InChI=1S/C20H23ClN2O2/c1-4-17-19(13-6-8-14(21)9-7-13)23-20(22-17)16-11-10-15(24-3)12-18(16)25-5-2/h6-12,17,19H,4-5H2,1-3H3,(H,22,23). The van der Waals surface area contributed by atoms with Crippen LogP contribution in [0.5, 0.6) is 11.5 Å². The molecule has 2 aromatic carbocycles. The summed E-state index contributed by atoms with van der Waals surface area (Å²) in [5.74, 6) is 2.41. The second-order valence-corrected chi connectivity index (χ2v) is 6.36. The smallest absolute Gasteiger partial charge is 0.133 e. The summed E-state index contributed by atoms with van der Waals surface area (Å²) in [4.78, 5) is 4.91. The lowest BCUT2D eigenvalue weighted by Gasteiger charge is -2.18. The Labute approximate surface area is 153 Å². The van der Waals surface area contributed by atoms with Gasteiger partial charge in [0.15, 0.2) is 0 Å². The molecule has 3 rings (SSSR count). The van der Waals surface area contributed by atoms with E-state index in [4.69, 9.17) is 26.1 Å². The molecule has 2 unspecified atom stereocenters. The first kappa shape index (κ1) is 17.6. The van der Waals surface area contributed by atoms with Crippen molar-refractivity contribution in [2.75, 3.05) is 13.7 Å². The molecular formula is C20H23ClN2O2. The Morgan fingerprint density at radius 3 is 2.52 bits per heavy atom. The minimum absolute atomic E-state index is 0.133. The summed E-state index contributed by atoms with van der Waals surface area (Å²) in [6, 6.07) is 14.1. The average Bonchev–Trinajstić information content (AvgIpc) is 3.06. The van der Waals surface area contributed by atoms with Gasteiger partial charge in [-0.1, -0.05) is 30.7 Å². The minimum Gasteiger partial charge on any atom is -0.497 e. The molecule has 0 amide bonds. The molecule has 25 heavy (non-hydrogen) atoms. The van der Waals surface area contributed by atoms with Crippen molar-refractivity contribution in [1.29, 1.82) is 0 Å². The Morgan fingerprint density at radius 2 is 1.88 bits per heavy atom. The lowest BCUT2D eigenvalue weighted by Crippen LogP contribution is -2.27. The van der Waals surface area contributed by atoms with Crippen LogP contribution in [0.15, 0.2) is 47.5 Å². The molecule has 0 radical (unpaired) electrons. The van der Waals surface area contributed by atoms with Crippen molar-refractivity contribution in [3.63, 3.8) is 0 Å². The zero-order chi connectivity index (χ0) is 17.8. The molecule has 2 atom stereocenters. The Hall–Kier alpha value is -2.20. The lowest BCUT2D eigenvalue weighted by atomic mass is 9.99. The quantitative estimate of drug-likeness (QED) is 0.819. The van der Waals surface area contributed by atoms with Crippen LogP contribution >= 0.6 is 11.6 Å². The molecule has 1 N–H and O–H groups in total. The first-order valence-corrected chi connectivity index (χ1v) is 8.95. The topological polar surface area (TPSA) is 42.9 Å². The fraction of sp³-hybridized carbons (Fsp3) is 0.350. The third-order valence-electron chi connectivity index (χ3n) is 4.36. The second-order valence-electron chi connectivity index (χ2n) is 5.92. The van der Waals surface area contributed by atoms with Crippen molar-refractivity contribution in [3.8, 4) is 11.5 Å². The molecule has 1 aliphatic heterocycles. The fourth-order valence-corrected chi connectivity index (χ4v) is 3.20. The minimum atomic E-state index is 0.133. The van der Waals surface area contributed by atoms with E-state index < -0.39 is 0 Å². The maximum atomic E-state index is 6.02. The molecule has 0 saturated carbocycles. The number of methoxy groups -OCH3 is 1. The highest BCUT2D eigenvalue weighted by Gasteiger charge is 2.30. The number of hydrogen-bond acceptors (Lipinski definition) is 4. The zero-order valence-corrected chi connectivity index (χ0v) is 15.5. The van der Waals surface area contributed by atoms with Gasteiger partial charge in [-0.2, -0.15) is 0 Å². The number of nitrogens with one attached hydrogen (secondary N) is 1. The van der Waals surface area contributed by atoms with E-state index in [1.165, 1.54) is 5.56 Å². The van der Waals surface area contributed by atoms with E-state index >= 15 is 0 Å². The van der Waals surface area contributed by atoms with Crippen LogP contribution in [0.1, 0.15) is 37.4 Å². The van der Waals surface area contributed by atoms with E-state index in [2.05, 4.69) is 24.4 Å². The van der Waals surface area contributed by atoms with Crippen molar-refractivity contribution in [2.24, 2.45) is 4.99 Å². The molecule has 1 aliphatic rings. The Bertz CT molecular complexity index is 759. The number of nitrogens with zero attached hydrogens (tertiary/aromatic N) is 1. The van der Waals surface area contributed by atoms with Gasteiger partial charge in [-0.15, -0.1) is 0 Å². The summed E-state index contributed by atoms with van der Waals surface area (Å²) < 4.78 is 11.1. The van der Waals surface area contributed by atoms with Crippen molar-refractivity contribution in [1.82, 2.24) is 5.32 Å². The van der Waals surface area contributed by atoms with Crippen LogP contribution in [0, 0.1) is 0 Å². The van der Waals surface area contributed by atoms with Crippen LogP contribution in [0.2, 0.25) is 5.02 Å². The highest BCUT2D eigenvalue weighted by Crippen LogP contribution is 2.32. The van der Waals surface area contributed by atoms with E-state index in [9.17, 15) is 0 Å². The van der Waals surface area contributed by atoms with E-state index in [-0.39, 0.29) is 12.1 Å². The predicted octanol–water partition coefficient (Wildman–Crippen LogP) is 4.62. The van der Waals surface area contributed by atoms with Crippen LogP contribution in [-0.2, 0) is 0 Å². The molecule has 0 fully saturated rings. The van der Waals surface area contributed by atoms with Gasteiger partial charge in [0.2, 0.25) is 0 Å². The molecule has 5 heteroatoms. The first-order chi connectivity index (χ1) is 12.2. The normalized spacial score (nSPS) is 19.3. The second kappa shape index (κ2) is 7.79. The largest absolute Gasteiger partial charge is 0.497 e. The average molecular weight is 359 g/mol. The Morgan fingerprint density at radius 1 is 1.12 bits per heavy atom. The summed E-state index contributed by atoms with van der Waals surface area (Å²) in [5, 5.41) is 4.31. The zero-order valence-electron chi connectivity index (χ0n) is 14.8. The van der Waals surface area contributed by atoms with Crippen LogP contribution < -0.4 is 14.8 Å².